The normalized spacial score (nSPS) is 34.8. The third-order valence-electron chi connectivity index (χ3n) is 10.6. The van der Waals surface area contributed by atoms with E-state index in [2.05, 4.69) is 79.8 Å². The van der Waals surface area contributed by atoms with Crippen molar-refractivity contribution < 1.29 is 14.3 Å². The molecule has 0 radical (unpaired) electrons. The monoisotopic (exact) mass is 603 g/mol. The average Bonchev–Trinajstić information content (AvgIpc) is 3.57. The summed E-state index contributed by atoms with van der Waals surface area (Å²) >= 11 is 0. The lowest BCUT2D eigenvalue weighted by Crippen LogP contribution is -2.72. The van der Waals surface area contributed by atoms with Crippen molar-refractivity contribution in [2.75, 3.05) is 51.7 Å². The van der Waals surface area contributed by atoms with Crippen molar-refractivity contribution in [2.24, 2.45) is 5.92 Å². The molecule has 44 heavy (non-hydrogen) atoms. The minimum Gasteiger partial charge on any atom is -0.365 e. The van der Waals surface area contributed by atoms with Crippen LogP contribution in [0.2, 0.25) is 0 Å². The van der Waals surface area contributed by atoms with Gasteiger partial charge in [-0.3, -0.25) is 30.5 Å². The van der Waals surface area contributed by atoms with Crippen LogP contribution in [-0.2, 0) is 14.3 Å². The molecule has 1 aromatic heterocycles. The topological polar surface area (TPSA) is 120 Å². The van der Waals surface area contributed by atoms with Crippen LogP contribution >= 0.6 is 0 Å². The molecule has 2 bridgehead atoms. The molecular weight excluding hydrogens is 558 g/mol. The molecule has 0 spiro atoms. The van der Waals surface area contributed by atoms with Gasteiger partial charge in [0.25, 0.3) is 0 Å². The first-order valence-electron chi connectivity index (χ1n) is 16.5. The minimum absolute atomic E-state index is 0.0248. The van der Waals surface area contributed by atoms with Crippen LogP contribution in [0.1, 0.15) is 50.0 Å². The Bertz CT molecular complexity index is 1420. The van der Waals surface area contributed by atoms with Gasteiger partial charge in [0.05, 0.1) is 30.9 Å². The van der Waals surface area contributed by atoms with Crippen molar-refractivity contribution >= 4 is 28.4 Å². The smallest absolute Gasteiger partial charge is 0.249 e. The van der Waals surface area contributed by atoms with Crippen molar-refractivity contribution in [3.8, 4) is 0 Å². The maximum absolute atomic E-state index is 13.8. The number of likely N-dealkylation sites (tertiary alicyclic amines) is 1. The van der Waals surface area contributed by atoms with E-state index in [1.54, 1.807) is 0 Å². The van der Waals surface area contributed by atoms with Crippen molar-refractivity contribution in [1.29, 1.82) is 0 Å². The first-order valence-corrected chi connectivity index (χ1v) is 16.5. The molecule has 0 aliphatic carbocycles. The molecule has 2 amide bonds. The number of hydrazine groups is 1. The number of fused-ring (bicyclic) bond motifs is 6. The zero-order chi connectivity index (χ0) is 29.8. The van der Waals surface area contributed by atoms with Gasteiger partial charge in [-0.05, 0) is 82.3 Å². The van der Waals surface area contributed by atoms with Crippen LogP contribution in [0.3, 0.4) is 0 Å². The van der Waals surface area contributed by atoms with E-state index >= 15 is 0 Å². The van der Waals surface area contributed by atoms with Crippen molar-refractivity contribution in [1.82, 2.24) is 40.8 Å². The van der Waals surface area contributed by atoms with Gasteiger partial charge in [0, 0.05) is 35.9 Å². The van der Waals surface area contributed by atoms with E-state index in [0.717, 1.165) is 50.0 Å². The summed E-state index contributed by atoms with van der Waals surface area (Å²) in [4.78, 5) is 34.5. The molecule has 8 rings (SSSR count). The van der Waals surface area contributed by atoms with E-state index in [1.165, 1.54) is 23.8 Å². The standard InChI is InChI=1S/C32H45N9O3/c1-38-14-10-20(11-15-38)23-17-33-25-16-21(6-7-22(23)25)35-32-34-18-24-29(37-32)41-27-9-8-26-30(36-27)39(28(42)19-44-26)12-4-2-3-5-13-40(41)31(24)43/h3,5-7,16-17,20,24,26-27,29-30,32-37H,2,4,8-15,18-19H2,1H3/b5-3-. The molecule has 6 atom stereocenters. The molecule has 5 fully saturated rings. The Labute approximate surface area is 258 Å². The summed E-state index contributed by atoms with van der Waals surface area (Å²) < 4.78 is 5.96. The zero-order valence-corrected chi connectivity index (χ0v) is 25.5. The molecule has 1 aromatic carbocycles. The summed E-state index contributed by atoms with van der Waals surface area (Å²) in [6, 6.07) is 6.58. The third-order valence-corrected chi connectivity index (χ3v) is 10.6. The van der Waals surface area contributed by atoms with Gasteiger partial charge in [0.15, 0.2) is 0 Å². The van der Waals surface area contributed by atoms with Crippen molar-refractivity contribution in [2.45, 2.75) is 75.3 Å². The van der Waals surface area contributed by atoms with E-state index in [0.29, 0.717) is 25.6 Å². The Morgan fingerprint density at radius 1 is 1.00 bits per heavy atom. The van der Waals surface area contributed by atoms with Gasteiger partial charge >= 0.3 is 0 Å². The molecule has 12 heteroatoms. The fourth-order valence-corrected chi connectivity index (χ4v) is 8.24. The van der Waals surface area contributed by atoms with Crippen LogP contribution in [-0.4, -0.2) is 114 Å². The predicted molar refractivity (Wildman–Crippen MR) is 167 cm³/mol. The van der Waals surface area contributed by atoms with Gasteiger partial charge in [0.1, 0.15) is 19.1 Å². The number of carbonyl (C=O) groups is 2. The lowest BCUT2D eigenvalue weighted by Gasteiger charge is -2.50. The lowest BCUT2D eigenvalue weighted by atomic mass is 9.89. The molecule has 236 valence electrons. The second-order valence-electron chi connectivity index (χ2n) is 13.3. The number of piperidine rings is 2. The predicted octanol–water partition coefficient (Wildman–Crippen LogP) is 1.48. The fraction of sp³-hybridized carbons (Fsp3) is 0.625. The zero-order valence-electron chi connectivity index (χ0n) is 25.5. The van der Waals surface area contributed by atoms with Gasteiger partial charge in [0.2, 0.25) is 11.8 Å². The molecule has 6 aliphatic rings. The number of hydrogen-bond acceptors (Lipinski definition) is 9. The van der Waals surface area contributed by atoms with Crippen LogP contribution < -0.4 is 21.3 Å². The molecule has 5 saturated heterocycles. The maximum atomic E-state index is 13.8. The van der Waals surface area contributed by atoms with Gasteiger partial charge in [-0.25, -0.2) is 0 Å². The highest BCUT2D eigenvalue weighted by Crippen LogP contribution is 2.35. The summed E-state index contributed by atoms with van der Waals surface area (Å²) in [6.07, 6.45) is 11.6. The highest BCUT2D eigenvalue weighted by atomic mass is 16.5. The largest absolute Gasteiger partial charge is 0.365 e. The number of carbonyl (C=O) groups excluding carboxylic acids is 2. The van der Waals surface area contributed by atoms with Crippen LogP contribution in [0.4, 0.5) is 5.69 Å². The van der Waals surface area contributed by atoms with Gasteiger partial charge < -0.3 is 24.8 Å². The van der Waals surface area contributed by atoms with Gasteiger partial charge in [-0.15, -0.1) is 0 Å². The quantitative estimate of drug-likeness (QED) is 0.333. The third kappa shape index (κ3) is 5.11. The Kier molecular flexibility index (Phi) is 7.59. The van der Waals surface area contributed by atoms with E-state index in [1.807, 2.05) is 9.91 Å². The van der Waals surface area contributed by atoms with E-state index in [-0.39, 0.29) is 55.2 Å². The number of ether oxygens (including phenoxy) is 1. The van der Waals surface area contributed by atoms with Crippen LogP contribution in [0.15, 0.2) is 36.5 Å². The molecular formula is C32H45N9O3. The van der Waals surface area contributed by atoms with E-state index in [4.69, 9.17) is 4.74 Å². The number of aromatic nitrogens is 1. The number of benzene rings is 1. The summed E-state index contributed by atoms with van der Waals surface area (Å²) in [6.45, 7) is 4.26. The van der Waals surface area contributed by atoms with Crippen molar-refractivity contribution in [3.05, 3.63) is 42.1 Å². The Hall–Kier alpha value is -3.00. The SMILES string of the molecule is CN1CCC(c2c[nH]c3cc(NC4NCC5C(=O)N6C/C=C\CCCN7C(=O)COC8CCC(NC87)N6C5N4)ccc23)CC1. The number of morpholine rings is 1. The summed E-state index contributed by atoms with van der Waals surface area (Å²) in [7, 11) is 2.20. The second-order valence-corrected chi connectivity index (χ2v) is 13.3. The minimum atomic E-state index is -0.214. The molecule has 12 nitrogen and oxygen atoms in total. The average molecular weight is 604 g/mol. The Morgan fingerprint density at radius 3 is 2.77 bits per heavy atom. The molecule has 5 N–H and O–H groups in total. The first kappa shape index (κ1) is 28.5. The number of anilines is 1. The summed E-state index contributed by atoms with van der Waals surface area (Å²) in [5, 5.41) is 20.1. The Balaban J connectivity index is 1.01. The molecule has 6 aliphatic heterocycles. The van der Waals surface area contributed by atoms with Gasteiger partial charge in [-0.2, -0.15) is 5.01 Å². The number of allylic oxidation sites excluding steroid dienone is 1. The highest BCUT2D eigenvalue weighted by molar-refractivity contribution is 5.87. The number of nitrogens with one attached hydrogen (secondary N) is 5. The van der Waals surface area contributed by atoms with Crippen LogP contribution in [0.25, 0.3) is 10.9 Å². The molecule has 6 unspecified atom stereocenters. The maximum Gasteiger partial charge on any atom is 0.249 e. The second kappa shape index (κ2) is 11.7. The Morgan fingerprint density at radius 2 is 1.89 bits per heavy atom. The first-order chi connectivity index (χ1) is 21.5. The number of rotatable bonds is 3. The lowest BCUT2D eigenvalue weighted by molar-refractivity contribution is -0.176. The van der Waals surface area contributed by atoms with Gasteiger partial charge in [-0.1, -0.05) is 18.2 Å². The van der Waals surface area contributed by atoms with Crippen molar-refractivity contribution in [3.63, 3.8) is 0 Å². The van der Waals surface area contributed by atoms with E-state index in [9.17, 15) is 9.59 Å². The summed E-state index contributed by atoms with van der Waals surface area (Å²) in [5.74, 6) is 0.550. The number of aromatic amines is 1. The number of amides is 2. The molecule has 7 heterocycles. The summed E-state index contributed by atoms with van der Waals surface area (Å²) in [5.41, 5.74) is 3.59. The van der Waals surface area contributed by atoms with Crippen LogP contribution in [0.5, 0.6) is 0 Å². The number of H-pyrrole nitrogens is 1. The van der Waals surface area contributed by atoms with Crippen LogP contribution in [0, 0.1) is 5.92 Å². The molecule has 2 aromatic rings. The number of nitrogens with zero attached hydrogens (tertiary/aromatic N) is 4. The fourth-order valence-electron chi connectivity index (χ4n) is 8.24. The molecule has 0 saturated carbocycles. The highest BCUT2D eigenvalue weighted by Gasteiger charge is 2.53. The number of hydrogen-bond donors (Lipinski definition) is 5. The van der Waals surface area contributed by atoms with E-state index < -0.39 is 0 Å².